The van der Waals surface area contributed by atoms with Crippen LogP contribution in [0.2, 0.25) is 0 Å². The van der Waals surface area contributed by atoms with Gasteiger partial charge in [0.1, 0.15) is 6.10 Å². The Morgan fingerprint density at radius 2 is 1.36 bits per heavy atom. The van der Waals surface area contributed by atoms with Gasteiger partial charge in [-0.1, -0.05) is 0 Å². The van der Waals surface area contributed by atoms with E-state index in [-0.39, 0.29) is 0 Å². The molecule has 86 valence electrons. The lowest BCUT2D eigenvalue weighted by atomic mass is 9.87. The highest BCUT2D eigenvalue weighted by molar-refractivity contribution is 4.99. The SMILES string of the molecule is C[C@H](O)[C@@H](O)[C@@](O)([C@@H](C)O)C(F)(F)F. The van der Waals surface area contributed by atoms with E-state index in [0.29, 0.717) is 6.92 Å². The summed E-state index contributed by atoms with van der Waals surface area (Å²) in [5.41, 5.74) is -3.72. The molecule has 0 radical (unpaired) electrons. The normalized spacial score (nSPS) is 23.8. The summed E-state index contributed by atoms with van der Waals surface area (Å²) in [5, 5.41) is 35.6. The Labute approximate surface area is 78.6 Å². The van der Waals surface area contributed by atoms with Crippen LogP contribution in [-0.2, 0) is 0 Å². The monoisotopic (exact) mass is 218 g/mol. The number of rotatable bonds is 3. The molecule has 0 aromatic rings. The van der Waals surface area contributed by atoms with Crippen molar-refractivity contribution in [1.29, 1.82) is 0 Å². The van der Waals surface area contributed by atoms with Crippen molar-refractivity contribution in [3.8, 4) is 0 Å². The van der Waals surface area contributed by atoms with E-state index in [0.717, 1.165) is 6.92 Å². The molecule has 0 unspecified atom stereocenters. The molecule has 7 heteroatoms. The summed E-state index contributed by atoms with van der Waals surface area (Å²) in [6.07, 6.45) is -11.8. The molecule has 0 heterocycles. The van der Waals surface area contributed by atoms with Gasteiger partial charge in [0.2, 0.25) is 5.60 Å². The molecule has 0 aliphatic carbocycles. The first kappa shape index (κ1) is 13.6. The van der Waals surface area contributed by atoms with Crippen LogP contribution in [0.25, 0.3) is 0 Å². The van der Waals surface area contributed by atoms with Crippen molar-refractivity contribution in [1.82, 2.24) is 0 Å². The van der Waals surface area contributed by atoms with Crippen molar-refractivity contribution in [3.05, 3.63) is 0 Å². The highest BCUT2D eigenvalue weighted by Gasteiger charge is 2.62. The van der Waals surface area contributed by atoms with Crippen LogP contribution < -0.4 is 0 Å². The quantitative estimate of drug-likeness (QED) is 0.510. The fourth-order valence-electron chi connectivity index (χ4n) is 1.02. The van der Waals surface area contributed by atoms with E-state index < -0.39 is 30.1 Å². The minimum Gasteiger partial charge on any atom is -0.391 e. The van der Waals surface area contributed by atoms with Gasteiger partial charge < -0.3 is 20.4 Å². The molecule has 0 bridgehead atoms. The van der Waals surface area contributed by atoms with Crippen LogP contribution >= 0.6 is 0 Å². The maximum atomic E-state index is 12.3. The smallest absolute Gasteiger partial charge is 0.391 e. The molecule has 14 heavy (non-hydrogen) atoms. The molecule has 0 spiro atoms. The van der Waals surface area contributed by atoms with Gasteiger partial charge in [-0.3, -0.25) is 0 Å². The zero-order valence-corrected chi connectivity index (χ0v) is 7.65. The molecule has 0 aliphatic rings. The Balaban J connectivity index is 5.11. The van der Waals surface area contributed by atoms with E-state index in [1.54, 1.807) is 0 Å². The van der Waals surface area contributed by atoms with E-state index >= 15 is 0 Å². The van der Waals surface area contributed by atoms with Gasteiger partial charge in [0.25, 0.3) is 0 Å². The van der Waals surface area contributed by atoms with Crippen molar-refractivity contribution in [2.75, 3.05) is 0 Å². The van der Waals surface area contributed by atoms with Gasteiger partial charge in [-0.2, -0.15) is 13.2 Å². The average molecular weight is 218 g/mol. The molecular weight excluding hydrogens is 205 g/mol. The van der Waals surface area contributed by atoms with E-state index in [9.17, 15) is 13.2 Å². The summed E-state index contributed by atoms with van der Waals surface area (Å²) in [4.78, 5) is 0. The number of aliphatic hydroxyl groups is 4. The molecule has 0 aromatic heterocycles. The van der Waals surface area contributed by atoms with Gasteiger partial charge in [0.15, 0.2) is 0 Å². The number of hydrogen-bond acceptors (Lipinski definition) is 4. The third-order valence-electron chi connectivity index (χ3n) is 2.00. The summed E-state index contributed by atoms with van der Waals surface area (Å²) in [5.74, 6) is 0. The predicted octanol–water partition coefficient (Wildman–Crippen LogP) is -0.598. The number of alkyl halides is 3. The van der Waals surface area contributed by atoms with E-state index in [2.05, 4.69) is 0 Å². The summed E-state index contributed by atoms with van der Waals surface area (Å²) in [6.45, 7) is 1.56. The molecule has 0 fully saturated rings. The lowest BCUT2D eigenvalue weighted by molar-refractivity contribution is -0.325. The summed E-state index contributed by atoms with van der Waals surface area (Å²) >= 11 is 0. The van der Waals surface area contributed by atoms with Crippen LogP contribution in [0.3, 0.4) is 0 Å². The van der Waals surface area contributed by atoms with Crippen LogP contribution in [0.5, 0.6) is 0 Å². The molecule has 0 saturated heterocycles. The molecule has 0 aliphatic heterocycles. The Bertz CT molecular complexity index is 192. The first-order valence-electron chi connectivity index (χ1n) is 3.88. The standard InChI is InChI=1S/C7H13F3O4/c1-3(11)5(13)6(14,4(2)12)7(8,9)10/h3-5,11-14H,1-2H3/t3-,4+,5+,6-/m0/s1. The van der Waals surface area contributed by atoms with Crippen molar-refractivity contribution >= 4 is 0 Å². The summed E-state index contributed by atoms with van der Waals surface area (Å²) < 4.78 is 36.9. The van der Waals surface area contributed by atoms with Crippen molar-refractivity contribution in [2.24, 2.45) is 0 Å². The second-order valence-electron chi connectivity index (χ2n) is 3.18. The van der Waals surface area contributed by atoms with Crippen LogP contribution in [0.1, 0.15) is 13.8 Å². The molecular formula is C7H13F3O4. The van der Waals surface area contributed by atoms with Crippen molar-refractivity contribution in [3.63, 3.8) is 0 Å². The first-order valence-corrected chi connectivity index (χ1v) is 3.88. The predicted molar refractivity (Wildman–Crippen MR) is 40.4 cm³/mol. The third kappa shape index (κ3) is 2.17. The number of halogens is 3. The van der Waals surface area contributed by atoms with Gasteiger partial charge >= 0.3 is 6.18 Å². The fourth-order valence-corrected chi connectivity index (χ4v) is 1.02. The molecule has 4 atom stereocenters. The van der Waals surface area contributed by atoms with E-state index in [4.69, 9.17) is 20.4 Å². The van der Waals surface area contributed by atoms with Crippen LogP contribution in [0, 0.1) is 0 Å². The van der Waals surface area contributed by atoms with Crippen molar-refractivity contribution in [2.45, 2.75) is 43.9 Å². The Hall–Kier alpha value is -0.370. The van der Waals surface area contributed by atoms with Crippen molar-refractivity contribution < 1.29 is 33.6 Å². The van der Waals surface area contributed by atoms with Gasteiger partial charge in [0.05, 0.1) is 12.2 Å². The second-order valence-corrected chi connectivity index (χ2v) is 3.18. The maximum absolute atomic E-state index is 12.3. The van der Waals surface area contributed by atoms with Gasteiger partial charge in [0, 0.05) is 0 Å². The zero-order chi connectivity index (χ0) is 11.7. The molecule has 0 aromatic carbocycles. The van der Waals surface area contributed by atoms with Gasteiger partial charge in [-0.05, 0) is 13.8 Å². The number of hydrogen-bond donors (Lipinski definition) is 4. The Morgan fingerprint density at radius 1 is 1.00 bits per heavy atom. The third-order valence-corrected chi connectivity index (χ3v) is 2.00. The molecule has 4 nitrogen and oxygen atoms in total. The lowest BCUT2D eigenvalue weighted by Gasteiger charge is -2.38. The highest BCUT2D eigenvalue weighted by atomic mass is 19.4. The average Bonchev–Trinajstić information content (AvgIpc) is 1.98. The second kappa shape index (κ2) is 4.01. The van der Waals surface area contributed by atoms with Gasteiger partial charge in [-0.15, -0.1) is 0 Å². The fraction of sp³-hybridized carbons (Fsp3) is 1.00. The van der Waals surface area contributed by atoms with E-state index in [1.165, 1.54) is 0 Å². The number of aliphatic hydroxyl groups excluding tert-OH is 3. The lowest BCUT2D eigenvalue weighted by Crippen LogP contribution is -2.64. The molecule has 0 rings (SSSR count). The molecule has 4 N–H and O–H groups in total. The van der Waals surface area contributed by atoms with Gasteiger partial charge in [-0.25, -0.2) is 0 Å². The summed E-state index contributed by atoms with van der Waals surface area (Å²) in [7, 11) is 0. The Kier molecular flexibility index (Phi) is 3.91. The Morgan fingerprint density at radius 3 is 1.43 bits per heavy atom. The van der Waals surface area contributed by atoms with Crippen LogP contribution in [-0.4, -0.2) is 50.5 Å². The molecule has 0 saturated carbocycles. The first-order chi connectivity index (χ1) is 6.05. The minimum atomic E-state index is -5.22. The van der Waals surface area contributed by atoms with Crippen LogP contribution in [0.4, 0.5) is 13.2 Å². The topological polar surface area (TPSA) is 80.9 Å². The highest BCUT2D eigenvalue weighted by Crippen LogP contribution is 2.36. The largest absolute Gasteiger partial charge is 0.422 e. The maximum Gasteiger partial charge on any atom is 0.422 e. The van der Waals surface area contributed by atoms with Crippen LogP contribution in [0.15, 0.2) is 0 Å². The zero-order valence-electron chi connectivity index (χ0n) is 7.65. The van der Waals surface area contributed by atoms with E-state index in [1.807, 2.05) is 0 Å². The molecule has 0 amide bonds. The minimum absolute atomic E-state index is 0.680. The summed E-state index contributed by atoms with van der Waals surface area (Å²) in [6, 6.07) is 0.